The normalized spacial score (nSPS) is 20.5. The fourth-order valence-corrected chi connectivity index (χ4v) is 3.25. The fraction of sp³-hybridized carbons (Fsp3) is 0.684. The van der Waals surface area contributed by atoms with E-state index < -0.39 is 0 Å². The summed E-state index contributed by atoms with van der Waals surface area (Å²) in [4.78, 5) is 0. The molecule has 1 aromatic carbocycles. The van der Waals surface area contributed by atoms with Crippen molar-refractivity contribution in [2.24, 2.45) is 0 Å². The fourth-order valence-electron chi connectivity index (χ4n) is 3.25. The number of aryl methyl sites for hydroxylation is 3. The Morgan fingerprint density at radius 1 is 1.14 bits per heavy atom. The molecule has 0 radical (unpaired) electrons. The molecule has 0 aromatic heterocycles. The number of nitrogens with one attached hydrogen (secondary N) is 1. The summed E-state index contributed by atoms with van der Waals surface area (Å²) >= 11 is 0. The van der Waals surface area contributed by atoms with Crippen molar-refractivity contribution in [3.63, 3.8) is 0 Å². The monoisotopic (exact) mass is 289 g/mol. The molecule has 1 heterocycles. The van der Waals surface area contributed by atoms with Crippen molar-refractivity contribution in [3.8, 4) is 0 Å². The van der Waals surface area contributed by atoms with Gasteiger partial charge in [0, 0.05) is 12.6 Å². The summed E-state index contributed by atoms with van der Waals surface area (Å²) in [6, 6.07) is 5.13. The van der Waals surface area contributed by atoms with E-state index in [-0.39, 0.29) is 0 Å². The summed E-state index contributed by atoms with van der Waals surface area (Å²) in [5.41, 5.74) is 5.64. The second-order valence-electron chi connectivity index (χ2n) is 6.52. The van der Waals surface area contributed by atoms with Crippen molar-refractivity contribution in [3.05, 3.63) is 34.4 Å². The SMILES string of the molecule is CCCNC(CC1CCCCO1)c1cc(C)c(C)cc1C. The second-order valence-corrected chi connectivity index (χ2v) is 6.52. The Morgan fingerprint density at radius 3 is 2.57 bits per heavy atom. The van der Waals surface area contributed by atoms with Crippen LogP contribution in [-0.4, -0.2) is 19.3 Å². The van der Waals surface area contributed by atoms with E-state index in [0.717, 1.165) is 19.6 Å². The topological polar surface area (TPSA) is 21.3 Å². The molecule has 0 bridgehead atoms. The summed E-state index contributed by atoms with van der Waals surface area (Å²) in [6.07, 6.45) is 6.46. The van der Waals surface area contributed by atoms with Gasteiger partial charge in [0.05, 0.1) is 6.10 Å². The number of benzene rings is 1. The Bertz CT molecular complexity index is 449. The highest BCUT2D eigenvalue weighted by Gasteiger charge is 2.22. The van der Waals surface area contributed by atoms with E-state index in [0.29, 0.717) is 12.1 Å². The van der Waals surface area contributed by atoms with Gasteiger partial charge >= 0.3 is 0 Å². The summed E-state index contributed by atoms with van der Waals surface area (Å²) in [6.45, 7) is 10.9. The molecule has 1 N–H and O–H groups in total. The molecule has 2 rings (SSSR count). The van der Waals surface area contributed by atoms with E-state index in [1.165, 1.54) is 47.9 Å². The molecule has 0 amide bonds. The Balaban J connectivity index is 2.16. The average Bonchev–Trinajstić information content (AvgIpc) is 2.48. The van der Waals surface area contributed by atoms with Crippen LogP contribution in [0.5, 0.6) is 0 Å². The maximum atomic E-state index is 5.96. The van der Waals surface area contributed by atoms with Crippen LogP contribution >= 0.6 is 0 Å². The number of ether oxygens (including phenoxy) is 1. The Morgan fingerprint density at radius 2 is 1.90 bits per heavy atom. The van der Waals surface area contributed by atoms with Crippen molar-refractivity contribution >= 4 is 0 Å². The van der Waals surface area contributed by atoms with Gasteiger partial charge in [-0.15, -0.1) is 0 Å². The molecule has 1 aromatic rings. The van der Waals surface area contributed by atoms with Crippen LogP contribution < -0.4 is 5.32 Å². The molecule has 118 valence electrons. The Labute approximate surface area is 130 Å². The van der Waals surface area contributed by atoms with Gasteiger partial charge in [-0.1, -0.05) is 19.1 Å². The highest BCUT2D eigenvalue weighted by molar-refractivity contribution is 5.38. The van der Waals surface area contributed by atoms with E-state index in [2.05, 4.69) is 45.1 Å². The van der Waals surface area contributed by atoms with Crippen LogP contribution in [0.3, 0.4) is 0 Å². The smallest absolute Gasteiger partial charge is 0.0593 e. The van der Waals surface area contributed by atoms with Crippen LogP contribution in [0.15, 0.2) is 12.1 Å². The quantitative estimate of drug-likeness (QED) is 0.825. The van der Waals surface area contributed by atoms with Gasteiger partial charge in [0.1, 0.15) is 0 Å². The molecule has 1 aliphatic heterocycles. The molecule has 0 saturated carbocycles. The molecule has 2 atom stereocenters. The second kappa shape index (κ2) is 7.95. The van der Waals surface area contributed by atoms with Gasteiger partial charge in [-0.2, -0.15) is 0 Å². The van der Waals surface area contributed by atoms with Crippen LogP contribution in [0.1, 0.15) is 67.3 Å². The van der Waals surface area contributed by atoms with Crippen LogP contribution in [0, 0.1) is 20.8 Å². The zero-order valence-electron chi connectivity index (χ0n) is 14.2. The first-order valence-corrected chi connectivity index (χ1v) is 8.54. The number of rotatable bonds is 6. The Hall–Kier alpha value is -0.860. The lowest BCUT2D eigenvalue weighted by Crippen LogP contribution is -2.30. The molecule has 2 heteroatoms. The van der Waals surface area contributed by atoms with Gasteiger partial charge in [0.15, 0.2) is 0 Å². The highest BCUT2D eigenvalue weighted by atomic mass is 16.5. The summed E-state index contributed by atoms with van der Waals surface area (Å²) in [7, 11) is 0. The third kappa shape index (κ3) is 4.55. The minimum absolute atomic E-state index is 0.423. The summed E-state index contributed by atoms with van der Waals surface area (Å²) in [5, 5.41) is 3.74. The van der Waals surface area contributed by atoms with Gasteiger partial charge in [-0.25, -0.2) is 0 Å². The lowest BCUT2D eigenvalue weighted by atomic mass is 9.91. The van der Waals surface area contributed by atoms with Crippen molar-refractivity contribution in [2.75, 3.05) is 13.2 Å². The minimum atomic E-state index is 0.423. The molecule has 1 aliphatic rings. The van der Waals surface area contributed by atoms with E-state index in [1.807, 2.05) is 0 Å². The predicted octanol–water partition coefficient (Wildman–Crippen LogP) is 4.61. The molecule has 2 unspecified atom stereocenters. The maximum Gasteiger partial charge on any atom is 0.0593 e. The molecular formula is C19H31NO. The lowest BCUT2D eigenvalue weighted by Gasteiger charge is -2.29. The van der Waals surface area contributed by atoms with Gasteiger partial charge in [-0.05, 0) is 81.7 Å². The van der Waals surface area contributed by atoms with Gasteiger partial charge < -0.3 is 10.1 Å². The first-order valence-electron chi connectivity index (χ1n) is 8.54. The summed E-state index contributed by atoms with van der Waals surface area (Å²) < 4.78 is 5.96. The van der Waals surface area contributed by atoms with E-state index in [4.69, 9.17) is 4.74 Å². The molecule has 1 fully saturated rings. The van der Waals surface area contributed by atoms with Crippen molar-refractivity contribution in [1.82, 2.24) is 5.32 Å². The van der Waals surface area contributed by atoms with Crippen LogP contribution in [0.4, 0.5) is 0 Å². The Kier molecular flexibility index (Phi) is 6.25. The third-order valence-electron chi connectivity index (χ3n) is 4.67. The summed E-state index contributed by atoms with van der Waals surface area (Å²) in [5.74, 6) is 0. The molecule has 2 nitrogen and oxygen atoms in total. The first-order chi connectivity index (χ1) is 10.1. The number of hydrogen-bond acceptors (Lipinski definition) is 2. The van der Waals surface area contributed by atoms with Crippen LogP contribution in [0.25, 0.3) is 0 Å². The minimum Gasteiger partial charge on any atom is -0.378 e. The standard InChI is InChI=1S/C19H31NO/c1-5-9-20-19(13-17-8-6-7-10-21-17)18-12-15(3)14(2)11-16(18)4/h11-12,17,19-20H,5-10,13H2,1-4H3. The van der Waals surface area contributed by atoms with Gasteiger partial charge in [0.25, 0.3) is 0 Å². The number of hydrogen-bond donors (Lipinski definition) is 1. The van der Waals surface area contributed by atoms with Gasteiger partial charge in [0.2, 0.25) is 0 Å². The zero-order chi connectivity index (χ0) is 15.2. The van der Waals surface area contributed by atoms with Crippen molar-refractivity contribution in [2.45, 2.75) is 71.9 Å². The van der Waals surface area contributed by atoms with Crippen LogP contribution in [0.2, 0.25) is 0 Å². The maximum absolute atomic E-state index is 5.96. The third-order valence-corrected chi connectivity index (χ3v) is 4.67. The van der Waals surface area contributed by atoms with Gasteiger partial charge in [-0.3, -0.25) is 0 Å². The van der Waals surface area contributed by atoms with E-state index >= 15 is 0 Å². The van der Waals surface area contributed by atoms with E-state index in [1.54, 1.807) is 0 Å². The van der Waals surface area contributed by atoms with Crippen molar-refractivity contribution in [1.29, 1.82) is 0 Å². The molecular weight excluding hydrogens is 258 g/mol. The largest absolute Gasteiger partial charge is 0.378 e. The molecule has 1 saturated heterocycles. The predicted molar refractivity (Wildman–Crippen MR) is 89.9 cm³/mol. The molecule has 0 spiro atoms. The molecule has 21 heavy (non-hydrogen) atoms. The lowest BCUT2D eigenvalue weighted by molar-refractivity contribution is 0.00501. The average molecular weight is 289 g/mol. The van der Waals surface area contributed by atoms with Crippen molar-refractivity contribution < 1.29 is 4.74 Å². The van der Waals surface area contributed by atoms with Crippen LogP contribution in [-0.2, 0) is 4.74 Å². The van der Waals surface area contributed by atoms with E-state index in [9.17, 15) is 0 Å². The molecule has 0 aliphatic carbocycles. The first kappa shape index (κ1) is 16.5. The highest BCUT2D eigenvalue weighted by Crippen LogP contribution is 2.28. The zero-order valence-corrected chi connectivity index (χ0v) is 14.2.